The molecule has 6 nitrogen and oxygen atoms in total. The highest BCUT2D eigenvalue weighted by Crippen LogP contribution is 2.27. The Morgan fingerprint density at radius 1 is 1.48 bits per heavy atom. The van der Waals surface area contributed by atoms with Crippen LogP contribution in [0.3, 0.4) is 0 Å². The summed E-state index contributed by atoms with van der Waals surface area (Å²) in [5.74, 6) is -1.32. The summed E-state index contributed by atoms with van der Waals surface area (Å²) >= 11 is 0. The Balaban J connectivity index is 3.17. The van der Waals surface area contributed by atoms with Crippen molar-refractivity contribution in [3.63, 3.8) is 0 Å². The van der Waals surface area contributed by atoms with Gasteiger partial charge in [0.2, 0.25) is 0 Å². The number of hydrogen-bond donors (Lipinski definition) is 1. The molecular weight excluding hydrogens is 293 g/mol. The largest absolute Gasteiger partial charge is 0.478 e. The molecule has 0 heterocycles. The van der Waals surface area contributed by atoms with Gasteiger partial charge in [-0.15, -0.1) is 0 Å². The molecule has 0 saturated heterocycles. The van der Waals surface area contributed by atoms with Crippen molar-refractivity contribution in [3.8, 4) is 0 Å². The van der Waals surface area contributed by atoms with Crippen molar-refractivity contribution >= 4 is 23.4 Å². The highest BCUT2D eigenvalue weighted by molar-refractivity contribution is 5.86. The summed E-state index contributed by atoms with van der Waals surface area (Å²) in [5.41, 5.74) is -0.395. The van der Waals surface area contributed by atoms with E-state index < -0.39 is 29.3 Å². The van der Waals surface area contributed by atoms with E-state index in [1.807, 2.05) is 0 Å². The first-order valence-electron chi connectivity index (χ1n) is 5.57. The number of anilines is 1. The van der Waals surface area contributed by atoms with Crippen LogP contribution < -0.4 is 4.90 Å². The number of aliphatic carboxylic acids is 1. The van der Waals surface area contributed by atoms with Crippen molar-refractivity contribution in [2.75, 3.05) is 18.5 Å². The summed E-state index contributed by atoms with van der Waals surface area (Å²) < 4.78 is 36.9. The molecule has 0 aliphatic rings. The van der Waals surface area contributed by atoms with Gasteiger partial charge in [-0.25, -0.2) is 4.79 Å². The van der Waals surface area contributed by atoms with E-state index in [1.165, 1.54) is 13.1 Å². The molecule has 0 aliphatic heterocycles. The van der Waals surface area contributed by atoms with Crippen molar-refractivity contribution in [1.29, 1.82) is 0 Å². The van der Waals surface area contributed by atoms with Crippen LogP contribution >= 0.6 is 0 Å². The number of hydrogen-bond acceptors (Lipinski definition) is 4. The van der Waals surface area contributed by atoms with E-state index in [0.29, 0.717) is 6.08 Å². The zero-order valence-electron chi connectivity index (χ0n) is 10.8. The van der Waals surface area contributed by atoms with Gasteiger partial charge in [-0.05, 0) is 18.2 Å². The van der Waals surface area contributed by atoms with Crippen molar-refractivity contribution in [2.24, 2.45) is 0 Å². The Hall–Kier alpha value is -2.58. The Labute approximate surface area is 117 Å². The first-order valence-corrected chi connectivity index (χ1v) is 5.57. The lowest BCUT2D eigenvalue weighted by molar-refractivity contribution is -0.385. The van der Waals surface area contributed by atoms with Crippen LogP contribution in [0.5, 0.6) is 0 Å². The van der Waals surface area contributed by atoms with E-state index >= 15 is 0 Å². The minimum absolute atomic E-state index is 0.0861. The van der Waals surface area contributed by atoms with Gasteiger partial charge in [0.25, 0.3) is 5.69 Å². The molecule has 1 aromatic rings. The molecule has 21 heavy (non-hydrogen) atoms. The summed E-state index contributed by atoms with van der Waals surface area (Å²) in [4.78, 5) is 21.4. The summed E-state index contributed by atoms with van der Waals surface area (Å²) in [5, 5.41) is 19.3. The molecule has 9 heteroatoms. The van der Waals surface area contributed by atoms with Crippen LogP contribution in [-0.4, -0.2) is 35.8 Å². The molecule has 0 amide bonds. The third-order valence-electron chi connectivity index (χ3n) is 2.47. The van der Waals surface area contributed by atoms with Crippen molar-refractivity contribution < 1.29 is 28.0 Å². The van der Waals surface area contributed by atoms with Gasteiger partial charge in [-0.3, -0.25) is 10.1 Å². The summed E-state index contributed by atoms with van der Waals surface area (Å²) in [7, 11) is 1.18. The maximum Gasteiger partial charge on any atom is 0.405 e. The van der Waals surface area contributed by atoms with Gasteiger partial charge in [-0.1, -0.05) is 0 Å². The third-order valence-corrected chi connectivity index (χ3v) is 2.47. The zero-order chi connectivity index (χ0) is 16.2. The smallest absolute Gasteiger partial charge is 0.405 e. The van der Waals surface area contributed by atoms with E-state index in [2.05, 4.69) is 0 Å². The second-order valence-electron chi connectivity index (χ2n) is 4.14. The molecule has 0 aliphatic carbocycles. The fraction of sp³-hybridized carbons (Fsp3) is 0.250. The predicted octanol–water partition coefficient (Wildman–Crippen LogP) is 2.69. The standard InChI is InChI=1S/C12H11F3N2O4/c1-16(7-12(13,14)15)9-3-4-10(17(20)21)8(6-9)2-5-11(18)19/h2-6H,7H2,1H3,(H,18,19)/b5-2+. The monoisotopic (exact) mass is 304 g/mol. The van der Waals surface area contributed by atoms with Crippen LogP contribution in [0.1, 0.15) is 5.56 Å². The molecule has 0 bridgehead atoms. The highest BCUT2D eigenvalue weighted by atomic mass is 19.4. The van der Waals surface area contributed by atoms with Crippen LogP contribution in [0.25, 0.3) is 6.08 Å². The molecule has 1 aromatic carbocycles. The highest BCUT2D eigenvalue weighted by Gasteiger charge is 2.29. The number of carbonyl (C=O) groups is 1. The second kappa shape index (κ2) is 6.25. The molecule has 1 N–H and O–H groups in total. The maximum atomic E-state index is 12.3. The Kier molecular flexibility index (Phi) is 4.90. The average Bonchev–Trinajstić information content (AvgIpc) is 2.33. The normalized spacial score (nSPS) is 11.6. The molecule has 0 saturated carbocycles. The van der Waals surface area contributed by atoms with Crippen LogP contribution in [0.15, 0.2) is 24.3 Å². The fourth-order valence-corrected chi connectivity index (χ4v) is 1.60. The summed E-state index contributed by atoms with van der Waals surface area (Å²) in [6.07, 6.45) is -2.78. The quantitative estimate of drug-likeness (QED) is 0.513. The Bertz CT molecular complexity index is 584. The van der Waals surface area contributed by atoms with Gasteiger partial charge < -0.3 is 10.0 Å². The minimum Gasteiger partial charge on any atom is -0.478 e. The van der Waals surface area contributed by atoms with Crippen molar-refractivity contribution in [3.05, 3.63) is 40.0 Å². The van der Waals surface area contributed by atoms with E-state index in [-0.39, 0.29) is 11.3 Å². The number of benzene rings is 1. The number of nitro groups is 1. The van der Waals surface area contributed by atoms with E-state index in [0.717, 1.165) is 23.1 Å². The molecule has 0 aromatic heterocycles. The first kappa shape index (κ1) is 16.5. The van der Waals surface area contributed by atoms with Gasteiger partial charge in [0.15, 0.2) is 0 Å². The van der Waals surface area contributed by atoms with Gasteiger partial charge >= 0.3 is 12.1 Å². The zero-order valence-corrected chi connectivity index (χ0v) is 10.8. The third kappa shape index (κ3) is 5.13. The predicted molar refractivity (Wildman–Crippen MR) is 69.1 cm³/mol. The van der Waals surface area contributed by atoms with Crippen LogP contribution in [0, 0.1) is 10.1 Å². The lowest BCUT2D eigenvalue weighted by Gasteiger charge is -2.21. The summed E-state index contributed by atoms with van der Waals surface area (Å²) in [6, 6.07) is 3.33. The van der Waals surface area contributed by atoms with E-state index in [9.17, 15) is 28.1 Å². The number of halogens is 3. The lowest BCUT2D eigenvalue weighted by Crippen LogP contribution is -2.30. The average molecular weight is 304 g/mol. The Morgan fingerprint density at radius 3 is 2.57 bits per heavy atom. The van der Waals surface area contributed by atoms with Gasteiger partial charge in [0, 0.05) is 24.9 Å². The van der Waals surface area contributed by atoms with Crippen LogP contribution in [-0.2, 0) is 4.79 Å². The number of alkyl halides is 3. The van der Waals surface area contributed by atoms with Crippen molar-refractivity contribution in [2.45, 2.75) is 6.18 Å². The number of carboxylic acids is 1. The molecule has 0 fully saturated rings. The second-order valence-corrected chi connectivity index (χ2v) is 4.14. The molecule has 0 radical (unpaired) electrons. The number of rotatable bonds is 5. The maximum absolute atomic E-state index is 12.3. The fourth-order valence-electron chi connectivity index (χ4n) is 1.60. The topological polar surface area (TPSA) is 83.7 Å². The molecule has 1 rings (SSSR count). The van der Waals surface area contributed by atoms with Crippen LogP contribution in [0.4, 0.5) is 24.5 Å². The summed E-state index contributed by atoms with van der Waals surface area (Å²) in [6.45, 7) is -1.23. The number of carboxylic acid groups (broad SMARTS) is 1. The van der Waals surface area contributed by atoms with Gasteiger partial charge in [0.05, 0.1) is 10.5 Å². The van der Waals surface area contributed by atoms with E-state index in [1.54, 1.807) is 0 Å². The first-order chi connectivity index (χ1) is 9.60. The van der Waals surface area contributed by atoms with Crippen LogP contribution in [0.2, 0.25) is 0 Å². The molecule has 0 spiro atoms. The number of nitro benzene ring substituents is 1. The molecule has 0 unspecified atom stereocenters. The molecule has 114 valence electrons. The minimum atomic E-state index is -4.42. The number of nitrogens with zero attached hydrogens (tertiary/aromatic N) is 2. The Morgan fingerprint density at radius 2 is 2.10 bits per heavy atom. The van der Waals surface area contributed by atoms with Gasteiger partial charge in [-0.2, -0.15) is 13.2 Å². The molecule has 0 atom stereocenters. The lowest BCUT2D eigenvalue weighted by atomic mass is 10.1. The van der Waals surface area contributed by atoms with E-state index in [4.69, 9.17) is 5.11 Å². The van der Waals surface area contributed by atoms with Crippen molar-refractivity contribution in [1.82, 2.24) is 0 Å². The van der Waals surface area contributed by atoms with Gasteiger partial charge in [0.1, 0.15) is 6.54 Å². The molecular formula is C12H11F3N2O4. The SMILES string of the molecule is CN(CC(F)(F)F)c1ccc([N+](=O)[O-])c(/C=C/C(=O)O)c1.